The van der Waals surface area contributed by atoms with E-state index in [9.17, 15) is 9.59 Å². The minimum absolute atomic E-state index is 0.419. The van der Waals surface area contributed by atoms with Crippen LogP contribution in [-0.4, -0.2) is 26.2 Å². The van der Waals surface area contributed by atoms with Gasteiger partial charge in [0.1, 0.15) is 0 Å². The lowest BCUT2D eigenvalue weighted by Gasteiger charge is -2.20. The average Bonchev–Trinajstić information content (AvgIpc) is 2.56. The maximum Gasteiger partial charge on any atom is 0.333 e. The van der Waals surface area contributed by atoms with Gasteiger partial charge in [0.15, 0.2) is 11.5 Å². The Kier molecular flexibility index (Phi) is 5.26. The molecule has 0 atom stereocenters. The van der Waals surface area contributed by atoms with Crippen LogP contribution in [0, 0.1) is 0 Å². The number of hydrogen-bond donors (Lipinski definition) is 2. The van der Waals surface area contributed by atoms with E-state index >= 15 is 0 Å². The summed E-state index contributed by atoms with van der Waals surface area (Å²) in [7, 11) is 3.02. The molecule has 24 heavy (non-hydrogen) atoms. The highest BCUT2D eigenvalue weighted by Gasteiger charge is 2.20. The van der Waals surface area contributed by atoms with Gasteiger partial charge >= 0.3 is 6.03 Å². The van der Waals surface area contributed by atoms with Crippen molar-refractivity contribution in [1.29, 1.82) is 0 Å². The zero-order valence-corrected chi connectivity index (χ0v) is 13.7. The third kappa shape index (κ3) is 3.75. The number of nitrogens with zero attached hydrogens (tertiary/aromatic N) is 1. The fourth-order valence-corrected chi connectivity index (χ4v) is 2.16. The minimum Gasteiger partial charge on any atom is -0.493 e. The summed E-state index contributed by atoms with van der Waals surface area (Å²) in [6, 6.07) is 10.8. The van der Waals surface area contributed by atoms with Crippen molar-refractivity contribution in [2.75, 3.05) is 30.2 Å². The number of rotatable bonds is 4. The molecule has 0 bridgehead atoms. The molecular formula is C17H19N3O4. The van der Waals surface area contributed by atoms with E-state index in [1.807, 2.05) is 0 Å². The molecule has 0 heterocycles. The van der Waals surface area contributed by atoms with Gasteiger partial charge in [0.2, 0.25) is 5.91 Å². The number of benzene rings is 2. The van der Waals surface area contributed by atoms with Gasteiger partial charge in [0.25, 0.3) is 0 Å². The second-order valence-corrected chi connectivity index (χ2v) is 4.95. The van der Waals surface area contributed by atoms with Gasteiger partial charge in [-0.25, -0.2) is 9.69 Å². The molecule has 0 aliphatic carbocycles. The van der Waals surface area contributed by atoms with Gasteiger partial charge < -0.3 is 20.5 Å². The highest BCUT2D eigenvalue weighted by atomic mass is 16.5. The van der Waals surface area contributed by atoms with Crippen LogP contribution in [0.25, 0.3) is 0 Å². The molecule has 0 radical (unpaired) electrons. The molecule has 7 heteroatoms. The first kappa shape index (κ1) is 17.1. The molecular weight excluding hydrogens is 310 g/mol. The predicted molar refractivity (Wildman–Crippen MR) is 92.6 cm³/mol. The summed E-state index contributed by atoms with van der Waals surface area (Å²) in [4.78, 5) is 25.4. The average molecular weight is 329 g/mol. The zero-order chi connectivity index (χ0) is 17.7. The Labute approximate surface area is 140 Å². The highest BCUT2D eigenvalue weighted by Crippen LogP contribution is 2.30. The van der Waals surface area contributed by atoms with E-state index in [1.54, 1.807) is 42.5 Å². The second-order valence-electron chi connectivity index (χ2n) is 4.95. The maximum atomic E-state index is 12.5. The Morgan fingerprint density at radius 2 is 1.62 bits per heavy atom. The SMILES string of the molecule is COc1ccc(NC(=O)N(C(C)=O)c2ccc(N)cc2)cc1OC. The third-order valence-corrected chi connectivity index (χ3v) is 3.30. The number of carbonyl (C=O) groups excluding carboxylic acids is 2. The van der Waals surface area contributed by atoms with Gasteiger partial charge in [-0.3, -0.25) is 4.79 Å². The van der Waals surface area contributed by atoms with Gasteiger partial charge in [0, 0.05) is 24.4 Å². The lowest BCUT2D eigenvalue weighted by molar-refractivity contribution is -0.115. The fourth-order valence-electron chi connectivity index (χ4n) is 2.16. The Morgan fingerprint density at radius 1 is 1.00 bits per heavy atom. The normalized spacial score (nSPS) is 9.96. The van der Waals surface area contributed by atoms with E-state index in [-0.39, 0.29) is 0 Å². The molecule has 0 unspecified atom stereocenters. The summed E-state index contributed by atoms with van der Waals surface area (Å²) in [5, 5.41) is 2.66. The van der Waals surface area contributed by atoms with Crippen molar-refractivity contribution in [1.82, 2.24) is 0 Å². The van der Waals surface area contributed by atoms with Crippen molar-refractivity contribution in [3.8, 4) is 11.5 Å². The Balaban J connectivity index is 2.25. The molecule has 0 saturated heterocycles. The van der Waals surface area contributed by atoms with Crippen molar-refractivity contribution < 1.29 is 19.1 Å². The summed E-state index contributed by atoms with van der Waals surface area (Å²) in [6.45, 7) is 1.31. The van der Waals surface area contributed by atoms with Gasteiger partial charge in [-0.1, -0.05) is 0 Å². The monoisotopic (exact) mass is 329 g/mol. The van der Waals surface area contributed by atoms with E-state index < -0.39 is 11.9 Å². The number of nitrogens with two attached hydrogens (primary N) is 1. The Hall–Kier alpha value is -3.22. The fraction of sp³-hybridized carbons (Fsp3) is 0.176. The molecule has 0 saturated carbocycles. The summed E-state index contributed by atoms with van der Waals surface area (Å²) in [5.74, 6) is 0.590. The minimum atomic E-state index is -0.584. The Morgan fingerprint density at radius 3 is 2.17 bits per heavy atom. The third-order valence-electron chi connectivity index (χ3n) is 3.30. The second kappa shape index (κ2) is 7.36. The van der Waals surface area contributed by atoms with Crippen LogP contribution < -0.4 is 25.4 Å². The molecule has 2 aromatic carbocycles. The predicted octanol–water partition coefficient (Wildman–Crippen LogP) is 2.87. The van der Waals surface area contributed by atoms with Gasteiger partial charge in [-0.2, -0.15) is 0 Å². The number of nitrogen functional groups attached to an aromatic ring is 1. The van der Waals surface area contributed by atoms with Crippen LogP contribution in [0.3, 0.4) is 0 Å². The number of hydrogen-bond acceptors (Lipinski definition) is 5. The van der Waals surface area contributed by atoms with E-state index in [1.165, 1.54) is 21.1 Å². The molecule has 126 valence electrons. The molecule has 2 rings (SSSR count). The van der Waals surface area contributed by atoms with Crippen LogP contribution >= 0.6 is 0 Å². The first-order valence-corrected chi connectivity index (χ1v) is 7.15. The molecule has 0 aromatic heterocycles. The van der Waals surface area contributed by atoms with Crippen LogP contribution in [0.2, 0.25) is 0 Å². The summed E-state index contributed by atoms with van der Waals surface area (Å²) >= 11 is 0. The standard InChI is InChI=1S/C17H19N3O4/c1-11(21)20(14-7-4-12(18)5-8-14)17(22)19-13-6-9-15(23-2)16(10-13)24-3/h4-10H,18H2,1-3H3,(H,19,22). The van der Waals surface area contributed by atoms with Crippen molar-refractivity contribution in [2.45, 2.75) is 6.92 Å². The van der Waals surface area contributed by atoms with E-state index in [2.05, 4.69) is 5.32 Å². The number of amides is 3. The lowest BCUT2D eigenvalue weighted by Crippen LogP contribution is -2.38. The number of methoxy groups -OCH3 is 2. The lowest BCUT2D eigenvalue weighted by atomic mass is 10.2. The molecule has 0 spiro atoms. The topological polar surface area (TPSA) is 93.9 Å². The first-order chi connectivity index (χ1) is 11.5. The number of anilines is 3. The molecule has 0 aliphatic rings. The first-order valence-electron chi connectivity index (χ1n) is 7.15. The van der Waals surface area contributed by atoms with E-state index in [0.29, 0.717) is 28.6 Å². The van der Waals surface area contributed by atoms with Gasteiger partial charge in [-0.05, 0) is 36.4 Å². The van der Waals surface area contributed by atoms with Crippen LogP contribution in [0.4, 0.5) is 21.9 Å². The summed E-state index contributed by atoms with van der Waals surface area (Å²) in [5.41, 5.74) is 7.07. The number of ether oxygens (including phenoxy) is 2. The summed E-state index contributed by atoms with van der Waals surface area (Å²) < 4.78 is 10.3. The highest BCUT2D eigenvalue weighted by molar-refractivity contribution is 6.17. The number of urea groups is 1. The van der Waals surface area contributed by atoms with Gasteiger partial charge in [0.05, 0.1) is 19.9 Å². The van der Waals surface area contributed by atoms with Crippen molar-refractivity contribution in [3.05, 3.63) is 42.5 Å². The zero-order valence-electron chi connectivity index (χ0n) is 13.7. The van der Waals surface area contributed by atoms with E-state index in [4.69, 9.17) is 15.2 Å². The largest absolute Gasteiger partial charge is 0.493 e. The van der Waals surface area contributed by atoms with Crippen LogP contribution in [0.1, 0.15) is 6.92 Å². The quantitative estimate of drug-likeness (QED) is 0.841. The molecule has 3 amide bonds. The molecule has 3 N–H and O–H groups in total. The summed E-state index contributed by atoms with van der Waals surface area (Å²) in [6.07, 6.45) is 0. The van der Waals surface area contributed by atoms with Crippen LogP contribution in [0.15, 0.2) is 42.5 Å². The smallest absolute Gasteiger partial charge is 0.333 e. The molecule has 0 fully saturated rings. The molecule has 0 aliphatic heterocycles. The molecule has 2 aromatic rings. The number of nitrogens with one attached hydrogen (secondary N) is 1. The number of carbonyl (C=O) groups is 2. The molecule has 7 nitrogen and oxygen atoms in total. The van der Waals surface area contributed by atoms with Crippen LogP contribution in [0.5, 0.6) is 11.5 Å². The van der Waals surface area contributed by atoms with Gasteiger partial charge in [-0.15, -0.1) is 0 Å². The van der Waals surface area contributed by atoms with E-state index in [0.717, 1.165) is 4.90 Å². The number of imide groups is 1. The van der Waals surface area contributed by atoms with Crippen molar-refractivity contribution >= 4 is 29.0 Å². The Bertz CT molecular complexity index is 744. The van der Waals surface area contributed by atoms with Crippen molar-refractivity contribution in [2.24, 2.45) is 0 Å². The maximum absolute atomic E-state index is 12.5. The van der Waals surface area contributed by atoms with Crippen LogP contribution in [-0.2, 0) is 4.79 Å². The van der Waals surface area contributed by atoms with Crippen molar-refractivity contribution in [3.63, 3.8) is 0 Å².